The molecule has 2 aromatic carbocycles. The largest absolute Gasteiger partial charge is 0.489 e. The third-order valence-corrected chi connectivity index (χ3v) is 7.21. The maximum Gasteiger partial charge on any atom is 0.283 e. The number of para-hydroxylation sites is 1. The van der Waals surface area contributed by atoms with Crippen LogP contribution in [0.5, 0.6) is 5.75 Å². The summed E-state index contributed by atoms with van der Waals surface area (Å²) in [6.45, 7) is 5.04. The van der Waals surface area contributed by atoms with E-state index in [1.165, 1.54) is 0 Å². The molecule has 0 radical (unpaired) electrons. The summed E-state index contributed by atoms with van der Waals surface area (Å²) in [5.41, 5.74) is 5.03. The number of hydrogen-bond donors (Lipinski definition) is 3. The van der Waals surface area contributed by atoms with E-state index in [4.69, 9.17) is 4.74 Å². The van der Waals surface area contributed by atoms with Crippen LogP contribution in [0.25, 0.3) is 10.9 Å². The number of aromatic amines is 1. The maximum atomic E-state index is 14.6. The van der Waals surface area contributed by atoms with Gasteiger partial charge in [-0.1, -0.05) is 31.2 Å². The molecule has 1 aromatic heterocycles. The summed E-state index contributed by atoms with van der Waals surface area (Å²) in [4.78, 5) is 5.35. The lowest BCUT2D eigenvalue weighted by atomic mass is 9.86. The number of nitrogens with one attached hydrogen (secondary N) is 2. The number of hydrogen-bond acceptors (Lipinski definition) is 4. The monoisotopic (exact) mass is 517 g/mol. The standard InChI is InChI=1S/C29H38F3N3O2/c1-4-21-10-11-22(37-20(3)16-33-13-7-12-30)15-24(21)28-27-25(23-8-5-6-9-26(23)34-27)14-19(2)35(28)17-29(31,32)18-36/h5-6,8-11,15,19-20,28,33-34,36H,4,7,12-14,16-18H2,1-3H3/t19-,20-,28?/m1/s1. The van der Waals surface area contributed by atoms with Gasteiger partial charge in [0.05, 0.1) is 19.3 Å². The van der Waals surface area contributed by atoms with E-state index in [0.29, 0.717) is 31.7 Å². The minimum atomic E-state index is -3.23. The van der Waals surface area contributed by atoms with E-state index in [-0.39, 0.29) is 18.8 Å². The first kappa shape index (κ1) is 27.5. The highest BCUT2D eigenvalue weighted by Crippen LogP contribution is 2.43. The maximum absolute atomic E-state index is 14.6. The number of aliphatic hydroxyl groups is 1. The summed E-state index contributed by atoms with van der Waals surface area (Å²) in [5, 5.41) is 13.7. The van der Waals surface area contributed by atoms with Crippen molar-refractivity contribution < 1.29 is 23.0 Å². The fourth-order valence-electron chi connectivity index (χ4n) is 5.40. The second kappa shape index (κ2) is 11.9. The summed E-state index contributed by atoms with van der Waals surface area (Å²) >= 11 is 0. The summed E-state index contributed by atoms with van der Waals surface area (Å²) in [5.74, 6) is -2.56. The zero-order valence-electron chi connectivity index (χ0n) is 21.9. The van der Waals surface area contributed by atoms with E-state index < -0.39 is 25.1 Å². The summed E-state index contributed by atoms with van der Waals surface area (Å²) < 4.78 is 47.8. The third-order valence-electron chi connectivity index (χ3n) is 7.21. The van der Waals surface area contributed by atoms with E-state index in [1.54, 1.807) is 0 Å². The molecular weight excluding hydrogens is 479 g/mol. The van der Waals surface area contributed by atoms with Gasteiger partial charge >= 0.3 is 0 Å². The molecule has 8 heteroatoms. The number of benzene rings is 2. The number of aliphatic hydroxyl groups excluding tert-OH is 1. The molecule has 0 fully saturated rings. The molecule has 1 aliphatic rings. The molecule has 1 aliphatic heterocycles. The Bertz CT molecular complexity index is 1180. The molecule has 0 amide bonds. The molecule has 3 N–H and O–H groups in total. The number of nitrogens with zero attached hydrogens (tertiary/aromatic N) is 1. The Labute approximate surface area is 217 Å². The summed E-state index contributed by atoms with van der Waals surface area (Å²) in [7, 11) is 0. The van der Waals surface area contributed by atoms with Crippen molar-refractivity contribution in [2.24, 2.45) is 0 Å². The van der Waals surface area contributed by atoms with Crippen LogP contribution in [0.4, 0.5) is 13.2 Å². The average molecular weight is 518 g/mol. The number of aromatic nitrogens is 1. The Morgan fingerprint density at radius 1 is 1.24 bits per heavy atom. The molecular formula is C29H38F3N3O2. The van der Waals surface area contributed by atoms with Crippen LogP contribution in [0.2, 0.25) is 0 Å². The van der Waals surface area contributed by atoms with Crippen molar-refractivity contribution in [3.05, 3.63) is 64.8 Å². The molecule has 3 atom stereocenters. The fourth-order valence-corrected chi connectivity index (χ4v) is 5.40. The van der Waals surface area contributed by atoms with E-state index in [2.05, 4.69) is 23.3 Å². The number of halogens is 3. The molecule has 4 rings (SSSR count). The predicted octanol–water partition coefficient (Wildman–Crippen LogP) is 5.41. The molecule has 1 unspecified atom stereocenters. The molecule has 0 saturated carbocycles. The summed E-state index contributed by atoms with van der Waals surface area (Å²) in [6.07, 6.45) is 1.68. The van der Waals surface area contributed by atoms with Gasteiger partial charge in [0.1, 0.15) is 18.5 Å². The van der Waals surface area contributed by atoms with Gasteiger partial charge in [-0.25, -0.2) is 8.78 Å². The lowest BCUT2D eigenvalue weighted by Gasteiger charge is -2.43. The zero-order chi connectivity index (χ0) is 26.6. The van der Waals surface area contributed by atoms with Crippen molar-refractivity contribution in [1.29, 1.82) is 0 Å². The van der Waals surface area contributed by atoms with Gasteiger partial charge in [0, 0.05) is 29.2 Å². The number of H-pyrrole nitrogens is 1. The fraction of sp³-hybridized carbons (Fsp3) is 0.517. The van der Waals surface area contributed by atoms with Crippen LogP contribution < -0.4 is 10.1 Å². The molecule has 37 heavy (non-hydrogen) atoms. The van der Waals surface area contributed by atoms with Gasteiger partial charge in [0.25, 0.3) is 5.92 Å². The van der Waals surface area contributed by atoms with E-state index in [9.17, 15) is 18.3 Å². The zero-order valence-corrected chi connectivity index (χ0v) is 21.9. The SMILES string of the molecule is CCc1ccc(O[C@H](C)CNCCCF)cc1C1c2[nH]c3ccccc3c2C[C@@H](C)N1CC(F)(F)CO. The van der Waals surface area contributed by atoms with Crippen LogP contribution in [0.1, 0.15) is 55.6 Å². The van der Waals surface area contributed by atoms with Gasteiger partial charge in [-0.2, -0.15) is 0 Å². The molecule has 202 valence electrons. The van der Waals surface area contributed by atoms with Gasteiger partial charge in [-0.3, -0.25) is 9.29 Å². The van der Waals surface area contributed by atoms with E-state index >= 15 is 0 Å². The van der Waals surface area contributed by atoms with Gasteiger partial charge in [0.15, 0.2) is 0 Å². The number of ether oxygens (including phenoxy) is 1. The Morgan fingerprint density at radius 2 is 2.03 bits per heavy atom. The Hall–Kier alpha value is -2.55. The number of rotatable bonds is 12. The van der Waals surface area contributed by atoms with E-state index in [1.807, 2.05) is 55.1 Å². The topological polar surface area (TPSA) is 60.5 Å². The van der Waals surface area contributed by atoms with Crippen molar-refractivity contribution in [2.45, 2.75) is 64.1 Å². The molecule has 5 nitrogen and oxygen atoms in total. The third kappa shape index (κ3) is 6.13. The number of aryl methyl sites for hydroxylation is 1. The first-order valence-corrected chi connectivity index (χ1v) is 13.2. The second-order valence-electron chi connectivity index (χ2n) is 10.1. The van der Waals surface area contributed by atoms with Crippen molar-refractivity contribution in [3.8, 4) is 5.75 Å². The van der Waals surface area contributed by atoms with Crippen LogP contribution in [0.3, 0.4) is 0 Å². The highest BCUT2D eigenvalue weighted by atomic mass is 19.3. The van der Waals surface area contributed by atoms with Crippen molar-refractivity contribution in [2.75, 3.05) is 32.9 Å². The van der Waals surface area contributed by atoms with Gasteiger partial charge < -0.3 is 20.1 Å². The molecule has 0 saturated heterocycles. The molecule has 0 aliphatic carbocycles. The molecule has 0 bridgehead atoms. The predicted molar refractivity (Wildman–Crippen MR) is 141 cm³/mol. The minimum absolute atomic E-state index is 0.149. The number of alkyl halides is 3. The summed E-state index contributed by atoms with van der Waals surface area (Å²) in [6, 6.07) is 13.3. The first-order valence-electron chi connectivity index (χ1n) is 13.2. The van der Waals surface area contributed by atoms with Crippen LogP contribution in [0.15, 0.2) is 42.5 Å². The average Bonchev–Trinajstić information content (AvgIpc) is 3.25. The quantitative estimate of drug-likeness (QED) is 0.281. The highest BCUT2D eigenvalue weighted by Gasteiger charge is 2.42. The lowest BCUT2D eigenvalue weighted by molar-refractivity contribution is -0.0865. The Kier molecular flexibility index (Phi) is 8.82. The smallest absolute Gasteiger partial charge is 0.283 e. The lowest BCUT2D eigenvalue weighted by Crippen LogP contribution is -2.49. The van der Waals surface area contributed by atoms with Crippen LogP contribution in [0, 0.1) is 0 Å². The first-order chi connectivity index (χ1) is 17.8. The van der Waals surface area contributed by atoms with Crippen molar-refractivity contribution >= 4 is 10.9 Å². The van der Waals surface area contributed by atoms with Crippen LogP contribution in [-0.4, -0.2) is 66.0 Å². The Morgan fingerprint density at radius 3 is 2.76 bits per heavy atom. The van der Waals surface area contributed by atoms with Crippen LogP contribution >= 0.6 is 0 Å². The van der Waals surface area contributed by atoms with Gasteiger partial charge in [0.2, 0.25) is 0 Å². The van der Waals surface area contributed by atoms with E-state index in [0.717, 1.165) is 39.7 Å². The van der Waals surface area contributed by atoms with Crippen LogP contribution in [-0.2, 0) is 12.8 Å². The van der Waals surface area contributed by atoms with Gasteiger partial charge in [-0.05, 0) is 74.5 Å². The highest BCUT2D eigenvalue weighted by molar-refractivity contribution is 5.85. The minimum Gasteiger partial charge on any atom is -0.489 e. The molecule has 3 aromatic rings. The molecule has 2 heterocycles. The second-order valence-corrected chi connectivity index (χ2v) is 10.1. The van der Waals surface area contributed by atoms with Crippen molar-refractivity contribution in [3.63, 3.8) is 0 Å². The normalized spacial score (nSPS) is 19.2. The van der Waals surface area contributed by atoms with Gasteiger partial charge in [-0.15, -0.1) is 0 Å². The number of fused-ring (bicyclic) bond motifs is 3. The molecule has 0 spiro atoms. The Balaban J connectivity index is 1.75. The van der Waals surface area contributed by atoms with Crippen molar-refractivity contribution in [1.82, 2.24) is 15.2 Å².